The van der Waals surface area contributed by atoms with Gasteiger partial charge in [0, 0.05) is 38.4 Å². The van der Waals surface area contributed by atoms with Crippen molar-refractivity contribution in [1.29, 1.82) is 5.41 Å². The third kappa shape index (κ3) is 3.42. The topological polar surface area (TPSA) is 120 Å². The smallest absolute Gasteiger partial charge is 0.319 e. The standard InChI is InChI=1S/C22H21N5O2S/c1-11-15-5-3-4-6-17(15)30-20(11)19-18(12(2)25-22(29)27-19)21(28)26-14-7-8-16(24)13(9-14)10-23/h3-10,19,23H,24H2,1-2H3,(H,26,28)(H2,25,27,29). The second-order valence-corrected chi connectivity index (χ2v) is 8.18. The molecule has 0 saturated carbocycles. The maximum atomic E-state index is 13.2. The Hall–Kier alpha value is -3.65. The maximum Gasteiger partial charge on any atom is 0.319 e. The van der Waals surface area contributed by atoms with Gasteiger partial charge in [-0.15, -0.1) is 11.3 Å². The minimum absolute atomic E-state index is 0.331. The fraction of sp³-hybridized carbons (Fsp3) is 0.136. The average molecular weight is 420 g/mol. The number of urea groups is 1. The van der Waals surface area contributed by atoms with Crippen molar-refractivity contribution in [3.05, 3.63) is 69.7 Å². The molecule has 2 heterocycles. The number of allylic oxidation sites excluding steroid dienone is 1. The minimum Gasteiger partial charge on any atom is -0.398 e. The van der Waals surface area contributed by atoms with Gasteiger partial charge in [0.1, 0.15) is 0 Å². The minimum atomic E-state index is -0.563. The fourth-order valence-corrected chi connectivity index (χ4v) is 4.91. The van der Waals surface area contributed by atoms with Crippen molar-refractivity contribution in [1.82, 2.24) is 10.6 Å². The molecule has 1 aliphatic rings. The van der Waals surface area contributed by atoms with Gasteiger partial charge in [0.25, 0.3) is 5.91 Å². The third-order valence-corrected chi connectivity index (χ3v) is 6.49. The molecule has 1 atom stereocenters. The van der Waals surface area contributed by atoms with E-state index in [0.717, 1.165) is 26.7 Å². The normalized spacial score (nSPS) is 16.2. The van der Waals surface area contributed by atoms with E-state index < -0.39 is 6.04 Å². The Morgan fingerprint density at radius 3 is 2.73 bits per heavy atom. The number of carbonyl (C=O) groups is 2. The maximum absolute atomic E-state index is 13.2. The molecule has 1 aromatic heterocycles. The van der Waals surface area contributed by atoms with Crippen LogP contribution in [0.15, 0.2) is 53.7 Å². The van der Waals surface area contributed by atoms with Crippen LogP contribution in [0.1, 0.15) is 29.0 Å². The Balaban J connectivity index is 1.74. The molecule has 0 saturated heterocycles. The highest BCUT2D eigenvalue weighted by Crippen LogP contribution is 2.39. The first-order valence-corrected chi connectivity index (χ1v) is 10.2. The number of nitrogens with two attached hydrogens (primary N) is 1. The van der Waals surface area contributed by atoms with Gasteiger partial charge in [-0.1, -0.05) is 18.2 Å². The van der Waals surface area contributed by atoms with Crippen molar-refractivity contribution in [2.45, 2.75) is 19.9 Å². The molecule has 0 fully saturated rings. The van der Waals surface area contributed by atoms with Crippen LogP contribution in [0.3, 0.4) is 0 Å². The number of rotatable bonds is 4. The summed E-state index contributed by atoms with van der Waals surface area (Å²) in [4.78, 5) is 26.4. The number of fused-ring (bicyclic) bond motifs is 1. The number of thiophene rings is 1. The van der Waals surface area contributed by atoms with Gasteiger partial charge in [-0.2, -0.15) is 0 Å². The van der Waals surface area contributed by atoms with Crippen molar-refractivity contribution in [2.24, 2.45) is 0 Å². The van der Waals surface area contributed by atoms with Gasteiger partial charge >= 0.3 is 6.03 Å². The largest absolute Gasteiger partial charge is 0.398 e. The summed E-state index contributed by atoms with van der Waals surface area (Å²) >= 11 is 1.57. The van der Waals surface area contributed by atoms with E-state index in [1.807, 2.05) is 31.2 Å². The molecular weight excluding hydrogens is 398 g/mol. The summed E-state index contributed by atoms with van der Waals surface area (Å²) < 4.78 is 1.10. The molecule has 2 aromatic carbocycles. The molecule has 1 aliphatic heterocycles. The molecule has 6 N–H and O–H groups in total. The number of carbonyl (C=O) groups excluding carboxylic acids is 2. The molecule has 0 bridgehead atoms. The van der Waals surface area contributed by atoms with Gasteiger partial charge in [0.05, 0.1) is 11.6 Å². The molecule has 3 aromatic rings. The summed E-state index contributed by atoms with van der Waals surface area (Å²) in [6.07, 6.45) is 1.14. The van der Waals surface area contributed by atoms with Gasteiger partial charge < -0.3 is 27.1 Å². The molecular formula is C22H21N5O2S. The second-order valence-electron chi connectivity index (χ2n) is 7.10. The van der Waals surface area contributed by atoms with Crippen molar-refractivity contribution in [2.75, 3.05) is 11.1 Å². The van der Waals surface area contributed by atoms with Crippen LogP contribution < -0.4 is 21.7 Å². The van der Waals surface area contributed by atoms with Crippen molar-refractivity contribution in [3.8, 4) is 0 Å². The highest BCUT2D eigenvalue weighted by molar-refractivity contribution is 7.19. The predicted molar refractivity (Wildman–Crippen MR) is 121 cm³/mol. The number of aryl methyl sites for hydroxylation is 1. The Kier molecular flexibility index (Phi) is 5.01. The van der Waals surface area contributed by atoms with Crippen molar-refractivity contribution < 1.29 is 9.59 Å². The average Bonchev–Trinajstić information content (AvgIpc) is 3.05. The zero-order chi connectivity index (χ0) is 21.4. The number of nitrogens with one attached hydrogen (secondary N) is 4. The van der Waals surface area contributed by atoms with E-state index in [1.54, 1.807) is 36.5 Å². The van der Waals surface area contributed by atoms with Gasteiger partial charge in [0.15, 0.2) is 0 Å². The zero-order valence-electron chi connectivity index (χ0n) is 16.5. The van der Waals surface area contributed by atoms with E-state index in [-0.39, 0.29) is 11.9 Å². The Morgan fingerprint density at radius 1 is 1.23 bits per heavy atom. The molecule has 7 nitrogen and oxygen atoms in total. The number of anilines is 2. The van der Waals surface area contributed by atoms with Gasteiger partial charge in [-0.3, -0.25) is 4.79 Å². The molecule has 0 radical (unpaired) electrons. The lowest BCUT2D eigenvalue weighted by molar-refractivity contribution is -0.113. The number of nitrogen functional groups attached to an aromatic ring is 1. The van der Waals surface area contributed by atoms with E-state index in [0.29, 0.717) is 28.2 Å². The molecule has 3 amide bonds. The molecule has 152 valence electrons. The number of hydrogen-bond donors (Lipinski definition) is 5. The lowest BCUT2D eigenvalue weighted by atomic mass is 9.97. The van der Waals surface area contributed by atoms with Crippen LogP contribution in [0, 0.1) is 12.3 Å². The number of hydrogen-bond acceptors (Lipinski definition) is 5. The van der Waals surface area contributed by atoms with E-state index in [4.69, 9.17) is 11.1 Å². The molecule has 1 unspecified atom stereocenters. The summed E-state index contributed by atoms with van der Waals surface area (Å²) in [5, 5.41) is 17.0. The Morgan fingerprint density at radius 2 is 2.00 bits per heavy atom. The summed E-state index contributed by atoms with van der Waals surface area (Å²) in [7, 11) is 0. The highest BCUT2D eigenvalue weighted by atomic mass is 32.1. The summed E-state index contributed by atoms with van der Waals surface area (Å²) in [5.74, 6) is -0.331. The Labute approximate surface area is 177 Å². The van der Waals surface area contributed by atoms with E-state index in [2.05, 4.69) is 16.0 Å². The molecule has 0 spiro atoms. The van der Waals surface area contributed by atoms with Crippen LogP contribution in [0.5, 0.6) is 0 Å². The fourth-order valence-electron chi connectivity index (χ4n) is 3.64. The number of benzene rings is 2. The van der Waals surface area contributed by atoms with Crippen LogP contribution in [-0.4, -0.2) is 18.2 Å². The van der Waals surface area contributed by atoms with Gasteiger partial charge in [-0.05, 0) is 49.1 Å². The lowest BCUT2D eigenvalue weighted by Gasteiger charge is -2.28. The van der Waals surface area contributed by atoms with Crippen LogP contribution in [0.2, 0.25) is 0 Å². The first-order chi connectivity index (χ1) is 14.4. The first-order valence-electron chi connectivity index (χ1n) is 9.36. The Bertz CT molecular complexity index is 1230. The molecule has 8 heteroatoms. The van der Waals surface area contributed by atoms with Crippen LogP contribution in [0.4, 0.5) is 16.2 Å². The molecule has 4 rings (SSSR count). The van der Waals surface area contributed by atoms with E-state index in [9.17, 15) is 9.59 Å². The summed E-state index contributed by atoms with van der Waals surface area (Å²) in [6.45, 7) is 3.72. The van der Waals surface area contributed by atoms with Crippen molar-refractivity contribution >= 4 is 51.0 Å². The van der Waals surface area contributed by atoms with Crippen LogP contribution in [0.25, 0.3) is 10.1 Å². The SMILES string of the molecule is CC1=C(C(=O)Nc2ccc(N)c(C=N)c2)C(c2sc3ccccc3c2C)NC(=O)N1. The first kappa shape index (κ1) is 19.7. The lowest BCUT2D eigenvalue weighted by Crippen LogP contribution is -2.45. The zero-order valence-corrected chi connectivity index (χ0v) is 17.3. The predicted octanol–water partition coefficient (Wildman–Crippen LogP) is 4.06. The second kappa shape index (κ2) is 7.64. The monoisotopic (exact) mass is 419 g/mol. The van der Waals surface area contributed by atoms with Crippen molar-refractivity contribution in [3.63, 3.8) is 0 Å². The van der Waals surface area contributed by atoms with Crippen LogP contribution in [-0.2, 0) is 4.79 Å². The van der Waals surface area contributed by atoms with E-state index in [1.165, 1.54) is 0 Å². The summed E-state index contributed by atoms with van der Waals surface area (Å²) in [6, 6.07) is 12.1. The molecule has 0 aliphatic carbocycles. The van der Waals surface area contributed by atoms with E-state index >= 15 is 0 Å². The quantitative estimate of drug-likeness (QED) is 0.324. The van der Waals surface area contributed by atoms with Crippen LogP contribution >= 0.6 is 11.3 Å². The molecule has 30 heavy (non-hydrogen) atoms. The highest BCUT2D eigenvalue weighted by Gasteiger charge is 2.33. The van der Waals surface area contributed by atoms with Gasteiger partial charge in [0.2, 0.25) is 0 Å². The van der Waals surface area contributed by atoms with Gasteiger partial charge in [-0.25, -0.2) is 4.79 Å². The number of amides is 3. The third-order valence-electron chi connectivity index (χ3n) is 5.16. The summed E-state index contributed by atoms with van der Waals surface area (Å²) in [5.41, 5.74) is 9.32.